The predicted molar refractivity (Wildman–Crippen MR) is 125 cm³/mol. The van der Waals surface area contributed by atoms with Crippen molar-refractivity contribution in [2.24, 2.45) is 0 Å². The predicted octanol–water partition coefficient (Wildman–Crippen LogP) is 6.55. The lowest BCUT2D eigenvalue weighted by molar-refractivity contribution is 0.649. The van der Waals surface area contributed by atoms with Crippen LogP contribution in [0.5, 0.6) is 23.0 Å². The maximum atomic E-state index is 5.47. The highest BCUT2D eigenvalue weighted by atomic mass is 32.1. The van der Waals surface area contributed by atoms with Crippen LogP contribution in [0.1, 0.15) is 0 Å². The molecule has 0 aromatic heterocycles. The van der Waals surface area contributed by atoms with Gasteiger partial charge in [0.15, 0.2) is 11.5 Å². The number of benzene rings is 4. The minimum absolute atomic E-state index is 0.568. The van der Waals surface area contributed by atoms with Crippen LogP contribution in [0.4, 0.5) is 0 Å². The lowest BCUT2D eigenvalue weighted by Crippen LogP contribution is -1.92. The van der Waals surface area contributed by atoms with E-state index in [0.717, 1.165) is 32.7 Å². The first kappa shape index (κ1) is 19.3. The summed E-state index contributed by atoms with van der Waals surface area (Å²) >= 11 is 16.0. The molecule has 0 N–H and O–H groups in total. The SMILES string of the molecule is SOc1ccc2c(OS)c(-c3cc(OS)c4ccccc4c3OS)ccc2c1. The van der Waals surface area contributed by atoms with Gasteiger partial charge in [-0.15, -0.1) is 0 Å². The van der Waals surface area contributed by atoms with Gasteiger partial charge in [0, 0.05) is 78.9 Å². The molecular formula is C20H14O4S4. The highest BCUT2D eigenvalue weighted by molar-refractivity contribution is 7.76. The highest BCUT2D eigenvalue weighted by Crippen LogP contribution is 2.47. The second-order valence-corrected chi connectivity index (χ2v) is 6.72. The number of thiol groups is 4. The van der Waals surface area contributed by atoms with E-state index in [-0.39, 0.29) is 0 Å². The van der Waals surface area contributed by atoms with Crippen LogP contribution < -0.4 is 16.7 Å². The van der Waals surface area contributed by atoms with Crippen molar-refractivity contribution < 1.29 is 16.7 Å². The Morgan fingerprint density at radius 3 is 1.93 bits per heavy atom. The zero-order valence-electron chi connectivity index (χ0n) is 14.2. The second kappa shape index (κ2) is 8.16. The molecule has 4 nitrogen and oxygen atoms in total. The summed E-state index contributed by atoms with van der Waals surface area (Å²) in [6.45, 7) is 0. The normalized spacial score (nSPS) is 10.9. The number of fused-ring (bicyclic) bond motifs is 2. The van der Waals surface area contributed by atoms with Crippen molar-refractivity contribution in [1.29, 1.82) is 0 Å². The Kier molecular flexibility index (Phi) is 5.63. The molecule has 0 aliphatic carbocycles. The van der Waals surface area contributed by atoms with Crippen molar-refractivity contribution in [3.8, 4) is 34.1 Å². The topological polar surface area (TPSA) is 36.9 Å². The van der Waals surface area contributed by atoms with Crippen LogP contribution in [0.2, 0.25) is 0 Å². The van der Waals surface area contributed by atoms with E-state index in [0.29, 0.717) is 23.0 Å². The largest absolute Gasteiger partial charge is 0.429 e. The number of hydrogen-bond acceptors (Lipinski definition) is 8. The molecule has 0 aliphatic rings. The van der Waals surface area contributed by atoms with Gasteiger partial charge in [-0.05, 0) is 35.7 Å². The summed E-state index contributed by atoms with van der Waals surface area (Å²) in [5.74, 6) is 2.37. The average Bonchev–Trinajstić information content (AvgIpc) is 2.76. The Morgan fingerprint density at radius 2 is 1.25 bits per heavy atom. The van der Waals surface area contributed by atoms with E-state index < -0.39 is 0 Å². The maximum absolute atomic E-state index is 5.47. The molecule has 0 atom stereocenters. The van der Waals surface area contributed by atoms with E-state index in [9.17, 15) is 0 Å². The molecule has 0 unspecified atom stereocenters. The quantitative estimate of drug-likeness (QED) is 0.207. The van der Waals surface area contributed by atoms with Crippen molar-refractivity contribution in [2.75, 3.05) is 0 Å². The molecule has 0 aliphatic heterocycles. The molecule has 8 heteroatoms. The maximum Gasteiger partial charge on any atom is 0.153 e. The second-order valence-electron chi connectivity index (χ2n) is 5.99. The van der Waals surface area contributed by atoms with Gasteiger partial charge in [-0.25, -0.2) is 0 Å². The van der Waals surface area contributed by atoms with Crippen LogP contribution in [0, 0.1) is 0 Å². The number of rotatable bonds is 5. The highest BCUT2D eigenvalue weighted by Gasteiger charge is 2.20. The summed E-state index contributed by atoms with van der Waals surface area (Å²) in [4.78, 5) is 0. The number of hydrogen-bond donors (Lipinski definition) is 4. The van der Waals surface area contributed by atoms with Gasteiger partial charge in [-0.3, -0.25) is 0 Å². The summed E-state index contributed by atoms with van der Waals surface area (Å²) in [6, 6.07) is 18.9. The summed E-state index contributed by atoms with van der Waals surface area (Å²) < 4.78 is 21.2. The van der Waals surface area contributed by atoms with Crippen molar-refractivity contribution >= 4 is 73.2 Å². The summed E-state index contributed by atoms with van der Waals surface area (Å²) in [7, 11) is 0. The molecule has 0 bridgehead atoms. The molecule has 0 radical (unpaired) electrons. The van der Waals surface area contributed by atoms with Crippen LogP contribution in [-0.4, -0.2) is 0 Å². The van der Waals surface area contributed by atoms with E-state index in [2.05, 4.69) is 51.6 Å². The fourth-order valence-electron chi connectivity index (χ4n) is 3.34. The Balaban J connectivity index is 2.06. The molecule has 0 fully saturated rings. The van der Waals surface area contributed by atoms with Crippen molar-refractivity contribution in [2.45, 2.75) is 0 Å². The summed E-state index contributed by atoms with van der Waals surface area (Å²) in [6.07, 6.45) is 0. The van der Waals surface area contributed by atoms with E-state index in [1.54, 1.807) is 6.07 Å². The van der Waals surface area contributed by atoms with Gasteiger partial charge < -0.3 is 16.7 Å². The van der Waals surface area contributed by atoms with Gasteiger partial charge in [-0.1, -0.05) is 30.3 Å². The third-order valence-electron chi connectivity index (χ3n) is 4.58. The summed E-state index contributed by atoms with van der Waals surface area (Å²) in [5.41, 5.74) is 1.50. The van der Waals surface area contributed by atoms with Gasteiger partial charge in [0.05, 0.1) is 0 Å². The van der Waals surface area contributed by atoms with Gasteiger partial charge in [0.2, 0.25) is 0 Å². The zero-order chi connectivity index (χ0) is 19.7. The van der Waals surface area contributed by atoms with Crippen LogP contribution in [-0.2, 0) is 0 Å². The Bertz CT molecular complexity index is 1180. The van der Waals surface area contributed by atoms with Gasteiger partial charge in [0.25, 0.3) is 0 Å². The molecule has 28 heavy (non-hydrogen) atoms. The van der Waals surface area contributed by atoms with Crippen molar-refractivity contribution in [3.63, 3.8) is 0 Å². The van der Waals surface area contributed by atoms with E-state index >= 15 is 0 Å². The van der Waals surface area contributed by atoms with Gasteiger partial charge >= 0.3 is 0 Å². The van der Waals surface area contributed by atoms with Gasteiger partial charge in [0.1, 0.15) is 11.5 Å². The molecule has 0 heterocycles. The molecule has 4 rings (SSSR count). The third kappa shape index (κ3) is 3.20. The standard InChI is InChI=1S/C20H14O4S4/c25-21-12-6-8-13-11(9-12)5-7-16(19(13)23-27)17-10-18(22-26)14-3-1-2-4-15(14)20(17)24-28/h1-10,25-28H. The lowest BCUT2D eigenvalue weighted by Gasteiger charge is -2.17. The molecule has 142 valence electrons. The van der Waals surface area contributed by atoms with Crippen molar-refractivity contribution in [3.05, 3.63) is 60.7 Å². The minimum atomic E-state index is 0.568. The first-order valence-electron chi connectivity index (χ1n) is 8.10. The Labute approximate surface area is 184 Å². The molecule has 4 aromatic carbocycles. The van der Waals surface area contributed by atoms with Crippen LogP contribution in [0.25, 0.3) is 32.7 Å². The smallest absolute Gasteiger partial charge is 0.153 e. The van der Waals surface area contributed by atoms with Gasteiger partial charge in [-0.2, -0.15) is 0 Å². The lowest BCUT2D eigenvalue weighted by atomic mass is 9.95. The van der Waals surface area contributed by atoms with Crippen LogP contribution in [0.3, 0.4) is 0 Å². The van der Waals surface area contributed by atoms with E-state index in [4.69, 9.17) is 16.7 Å². The monoisotopic (exact) mass is 446 g/mol. The molecule has 4 aromatic rings. The summed E-state index contributed by atoms with van der Waals surface area (Å²) in [5, 5.41) is 3.46. The van der Waals surface area contributed by atoms with Crippen LogP contribution >= 0.6 is 51.6 Å². The van der Waals surface area contributed by atoms with Crippen LogP contribution in [0.15, 0.2) is 60.7 Å². The first-order valence-corrected chi connectivity index (χ1v) is 9.56. The zero-order valence-corrected chi connectivity index (χ0v) is 17.8. The molecular weight excluding hydrogens is 432 g/mol. The average molecular weight is 447 g/mol. The third-order valence-corrected chi connectivity index (χ3v) is 5.35. The fraction of sp³-hybridized carbons (Fsp3) is 0. The van der Waals surface area contributed by atoms with E-state index in [1.165, 1.54) is 0 Å². The Morgan fingerprint density at radius 1 is 0.536 bits per heavy atom. The minimum Gasteiger partial charge on any atom is -0.429 e. The Hall–Kier alpha value is -2.00. The van der Waals surface area contributed by atoms with Crippen molar-refractivity contribution in [1.82, 2.24) is 0 Å². The molecule has 0 amide bonds. The fourth-order valence-corrected chi connectivity index (χ4v) is 3.99. The molecule has 0 spiro atoms. The van der Waals surface area contributed by atoms with E-state index in [1.807, 2.05) is 54.6 Å². The first-order chi connectivity index (χ1) is 13.7. The molecule has 0 saturated carbocycles. The molecule has 0 saturated heterocycles.